The molecule has 8 fully saturated rings. The first kappa shape index (κ1) is 50.8. The zero-order chi connectivity index (χ0) is 48.0. The van der Waals surface area contributed by atoms with Crippen LogP contribution in [0.4, 0.5) is 0 Å². The predicted molar refractivity (Wildman–Crippen MR) is 218 cm³/mol. The van der Waals surface area contributed by atoms with Crippen LogP contribution in [0.2, 0.25) is 0 Å². The highest BCUT2D eigenvalue weighted by Gasteiger charge is 2.70. The summed E-state index contributed by atoms with van der Waals surface area (Å²) in [7, 11) is 0. The minimum atomic E-state index is -1.92. The molecule has 22 heteroatoms. The molecular weight excluding hydrogens is 880 g/mol. The topological polar surface area (TPSA) is 354 Å². The number of hydrogen-bond donors (Lipinski definition) is 13. The van der Waals surface area contributed by atoms with E-state index in [0.717, 1.165) is 12.0 Å². The number of esters is 1. The average molecular weight is 951 g/mol. The van der Waals surface area contributed by atoms with Crippen LogP contribution in [0.25, 0.3) is 0 Å². The second-order valence-corrected chi connectivity index (χ2v) is 20.8. The maximum atomic E-state index is 14.3. The molecule has 0 amide bonds. The van der Waals surface area contributed by atoms with Gasteiger partial charge in [0, 0.05) is 0 Å². The summed E-state index contributed by atoms with van der Waals surface area (Å²) in [6.45, 7) is 7.77. The van der Waals surface area contributed by atoms with Crippen molar-refractivity contribution < 1.29 is 109 Å². The second kappa shape index (κ2) is 18.9. The molecule has 4 saturated carbocycles. The van der Waals surface area contributed by atoms with Gasteiger partial charge in [-0.05, 0) is 93.5 Å². The van der Waals surface area contributed by atoms with Gasteiger partial charge in [0.05, 0.1) is 36.9 Å². The van der Waals surface area contributed by atoms with Gasteiger partial charge in [-0.25, -0.2) is 0 Å². The van der Waals surface area contributed by atoms with Gasteiger partial charge >= 0.3 is 5.97 Å². The quantitative estimate of drug-likeness (QED) is 0.0532. The van der Waals surface area contributed by atoms with Gasteiger partial charge in [-0.2, -0.15) is 0 Å². The number of hydrogen-bond acceptors (Lipinski definition) is 22. The zero-order valence-electron chi connectivity index (χ0n) is 37.4. The van der Waals surface area contributed by atoms with Crippen molar-refractivity contribution in [3.63, 3.8) is 0 Å². The normalized spacial score (nSPS) is 55.2. The van der Waals surface area contributed by atoms with Crippen LogP contribution in [0.3, 0.4) is 0 Å². The number of carbonyl (C=O) groups is 1. The summed E-state index contributed by atoms with van der Waals surface area (Å²) in [5, 5.41) is 137. The first-order valence-corrected chi connectivity index (χ1v) is 23.2. The monoisotopic (exact) mass is 950 g/mol. The minimum Gasteiger partial charge on any atom is -0.432 e. The SMILES string of the molecule is C=C1C[C@@]23CCC4[C@@](C)(CCC[C@@]4(C)C(=O)OC4O[C@H](CO)[C@@H](O)[C@H](O)[C@@H]4O)C2CC[C@]1(O[C@@H]1O[C@H](CO)[C@@H](O)[C@H](O[C@@H]2O[C@H](CO)[C@@H](O)[C@H](O)[C@@H]2O)[C@@H]1O[C@H]1O[C@H](C)[C@@H](O)[C@H](O)[C@H]1O)C3. The summed E-state index contributed by atoms with van der Waals surface area (Å²) in [6, 6.07) is 0. The molecule has 0 radical (unpaired) electrons. The van der Waals surface area contributed by atoms with Gasteiger partial charge < -0.3 is 104 Å². The largest absolute Gasteiger partial charge is 0.432 e. The van der Waals surface area contributed by atoms with Gasteiger partial charge in [-0.15, -0.1) is 0 Å². The molecule has 378 valence electrons. The van der Waals surface area contributed by atoms with Crippen molar-refractivity contribution in [2.45, 2.75) is 207 Å². The van der Waals surface area contributed by atoms with Gasteiger partial charge in [0.1, 0.15) is 91.6 Å². The molecule has 4 aliphatic carbocycles. The van der Waals surface area contributed by atoms with Crippen molar-refractivity contribution >= 4 is 5.97 Å². The van der Waals surface area contributed by atoms with Gasteiger partial charge in [-0.1, -0.05) is 19.9 Å². The maximum Gasteiger partial charge on any atom is 0.314 e. The van der Waals surface area contributed by atoms with Crippen molar-refractivity contribution in [1.82, 2.24) is 0 Å². The Morgan fingerprint density at radius 1 is 0.606 bits per heavy atom. The number of fused-ring (bicyclic) bond motifs is 3. The Morgan fingerprint density at radius 3 is 1.74 bits per heavy atom. The molecule has 8 rings (SSSR count). The molecule has 0 aromatic carbocycles. The van der Waals surface area contributed by atoms with E-state index in [1.54, 1.807) is 0 Å². The molecule has 4 heterocycles. The highest BCUT2D eigenvalue weighted by Crippen LogP contribution is 2.73. The lowest BCUT2D eigenvalue weighted by Crippen LogP contribution is -2.67. The molecule has 13 N–H and O–H groups in total. The highest BCUT2D eigenvalue weighted by molar-refractivity contribution is 5.77. The number of carbonyl (C=O) groups excluding carboxylic acids is 1. The molecule has 0 aromatic heterocycles. The Morgan fingerprint density at radius 2 is 1.12 bits per heavy atom. The van der Waals surface area contributed by atoms with Crippen molar-refractivity contribution in [3.05, 3.63) is 12.2 Å². The summed E-state index contributed by atoms with van der Waals surface area (Å²) >= 11 is 0. The van der Waals surface area contributed by atoms with Crippen LogP contribution >= 0.6 is 0 Å². The molecule has 4 saturated heterocycles. The van der Waals surface area contributed by atoms with Crippen molar-refractivity contribution in [1.29, 1.82) is 0 Å². The summed E-state index contributed by atoms with van der Waals surface area (Å²) < 4.78 is 48.4. The fourth-order valence-electron chi connectivity index (χ4n) is 13.4. The molecule has 8 aliphatic rings. The van der Waals surface area contributed by atoms with Crippen LogP contribution < -0.4 is 0 Å². The van der Waals surface area contributed by atoms with E-state index in [9.17, 15) is 71.2 Å². The Balaban J connectivity index is 1.06. The molecular formula is C44H70O22. The molecule has 2 bridgehead atoms. The van der Waals surface area contributed by atoms with Crippen molar-refractivity contribution in [3.8, 4) is 0 Å². The third-order valence-corrected chi connectivity index (χ3v) is 17.0. The zero-order valence-corrected chi connectivity index (χ0v) is 37.4. The molecule has 1 spiro atoms. The average Bonchev–Trinajstić information content (AvgIpc) is 3.48. The van der Waals surface area contributed by atoms with Crippen LogP contribution in [-0.2, 0) is 42.7 Å². The summed E-state index contributed by atoms with van der Waals surface area (Å²) in [5.41, 5.74) is -2.19. The summed E-state index contributed by atoms with van der Waals surface area (Å²) in [5.74, 6) is -0.750. The number of ether oxygens (including phenoxy) is 8. The fourth-order valence-corrected chi connectivity index (χ4v) is 13.4. The van der Waals surface area contributed by atoms with E-state index < -0.39 is 165 Å². The fraction of sp³-hybridized carbons (Fsp3) is 0.932. The highest BCUT2D eigenvalue weighted by atomic mass is 16.8. The minimum absolute atomic E-state index is 0.0493. The molecule has 66 heavy (non-hydrogen) atoms. The third kappa shape index (κ3) is 8.30. The van der Waals surface area contributed by atoms with E-state index in [2.05, 4.69) is 13.5 Å². The lowest BCUT2D eigenvalue weighted by atomic mass is 9.41. The molecule has 4 aliphatic heterocycles. The lowest BCUT2D eigenvalue weighted by Gasteiger charge is -2.64. The van der Waals surface area contributed by atoms with E-state index in [4.69, 9.17) is 37.9 Å². The smallest absolute Gasteiger partial charge is 0.314 e. The van der Waals surface area contributed by atoms with E-state index >= 15 is 0 Å². The van der Waals surface area contributed by atoms with Crippen LogP contribution in [0.1, 0.15) is 78.6 Å². The summed E-state index contributed by atoms with van der Waals surface area (Å²) in [6.07, 6.45) is -27.4. The van der Waals surface area contributed by atoms with Gasteiger partial charge in [-0.3, -0.25) is 4.79 Å². The molecule has 22 nitrogen and oxygen atoms in total. The predicted octanol–water partition coefficient (Wildman–Crippen LogP) is -4.09. The number of aliphatic hydroxyl groups is 13. The maximum absolute atomic E-state index is 14.3. The second-order valence-electron chi connectivity index (χ2n) is 20.8. The van der Waals surface area contributed by atoms with E-state index in [1.165, 1.54) is 6.92 Å². The van der Waals surface area contributed by atoms with E-state index in [0.29, 0.717) is 51.4 Å². The Labute approximate surface area is 381 Å². The lowest BCUT2D eigenvalue weighted by molar-refractivity contribution is -0.398. The summed E-state index contributed by atoms with van der Waals surface area (Å²) in [4.78, 5) is 14.3. The van der Waals surface area contributed by atoms with E-state index in [1.807, 2.05) is 6.92 Å². The Hall–Kier alpha value is -1.59. The standard InChI is InChI=1S/C44H70O22/c1-17-12-43-10-6-22-41(3,8-5-9-42(22,4)40(58)65-38-33(57)30(54)26(50)20(14-46)61-38)23(43)7-11-44(17,16-43)66-39-35(64-36-31(55)28(52)24(48)18(2)59-36)34(27(51)21(15-47)62-39)63-37-32(56)29(53)25(49)19(13-45)60-37/h18-39,45-57H,1,5-16H2,2-4H3/t18-,19-,20-,21-,22?,23?,24-,25-,26-,27-,28+,29+,30+,31-,32+,33+,34+,35+,36-,37+,38?,39+,41-,42-,43-,44+/m1/s1. The van der Waals surface area contributed by atoms with Crippen LogP contribution in [-0.4, -0.2) is 221 Å². The van der Waals surface area contributed by atoms with Crippen LogP contribution in [0, 0.1) is 28.1 Å². The van der Waals surface area contributed by atoms with Gasteiger partial charge in [0.25, 0.3) is 0 Å². The number of rotatable bonds is 11. The van der Waals surface area contributed by atoms with Crippen molar-refractivity contribution in [2.24, 2.45) is 28.1 Å². The first-order chi connectivity index (χ1) is 31.1. The van der Waals surface area contributed by atoms with Gasteiger partial charge in [0.15, 0.2) is 18.9 Å². The third-order valence-electron chi connectivity index (χ3n) is 17.0. The first-order valence-electron chi connectivity index (χ1n) is 23.2. The Kier molecular flexibility index (Phi) is 14.5. The molecule has 26 atom stereocenters. The van der Waals surface area contributed by atoms with E-state index in [-0.39, 0.29) is 17.3 Å². The van der Waals surface area contributed by atoms with Crippen molar-refractivity contribution in [2.75, 3.05) is 19.8 Å². The van der Waals surface area contributed by atoms with Crippen LogP contribution in [0.5, 0.6) is 0 Å². The van der Waals surface area contributed by atoms with Crippen LogP contribution in [0.15, 0.2) is 12.2 Å². The molecule has 3 unspecified atom stereocenters. The number of aliphatic hydroxyl groups excluding tert-OH is 13. The Bertz CT molecular complexity index is 1740. The molecule has 0 aromatic rings. The van der Waals surface area contributed by atoms with Gasteiger partial charge in [0.2, 0.25) is 6.29 Å².